The maximum Gasteiger partial charge on any atom is 0.408 e. The van der Waals surface area contributed by atoms with Crippen LogP contribution in [0.15, 0.2) is 6.07 Å². The summed E-state index contributed by atoms with van der Waals surface area (Å²) in [6.07, 6.45) is 0.509. The highest BCUT2D eigenvalue weighted by atomic mass is 16.6. The van der Waals surface area contributed by atoms with E-state index in [-0.39, 0.29) is 5.91 Å². The summed E-state index contributed by atoms with van der Waals surface area (Å²) in [5.41, 5.74) is 0.247. The molecule has 0 radical (unpaired) electrons. The first-order valence-electron chi connectivity index (χ1n) is 9.12. The molecule has 0 spiro atoms. The Hall–Kier alpha value is -2.13. The molecule has 0 saturated carbocycles. The molecule has 152 valence electrons. The van der Waals surface area contributed by atoms with Gasteiger partial charge in [-0.05, 0) is 27.2 Å². The first kappa shape index (κ1) is 21.2. The average molecular weight is 382 g/mol. The third kappa shape index (κ3) is 6.21. The second kappa shape index (κ2) is 9.18. The number of amides is 2. The standard InChI is InChI=1S/C18H30N4O5/c1-18(2,3)27-17(24)19-14-6-8-22-15(21(4)16(14)23)12-13(20-22)7-9-26-11-10-25-5/h12,14H,6-11H2,1-5H3,(H,19,24). The van der Waals surface area contributed by atoms with Gasteiger partial charge >= 0.3 is 6.09 Å². The number of aromatic nitrogens is 2. The van der Waals surface area contributed by atoms with Gasteiger partial charge in [0.2, 0.25) is 0 Å². The first-order chi connectivity index (χ1) is 12.7. The van der Waals surface area contributed by atoms with Gasteiger partial charge in [0.05, 0.1) is 25.5 Å². The highest BCUT2D eigenvalue weighted by molar-refractivity contribution is 5.98. The number of hydrogen-bond donors (Lipinski definition) is 1. The van der Waals surface area contributed by atoms with Gasteiger partial charge in [0.25, 0.3) is 5.91 Å². The van der Waals surface area contributed by atoms with Crippen LogP contribution in [0.5, 0.6) is 0 Å². The third-order valence-corrected chi connectivity index (χ3v) is 4.04. The summed E-state index contributed by atoms with van der Waals surface area (Å²) in [5, 5.41) is 7.22. The van der Waals surface area contributed by atoms with E-state index in [1.54, 1.807) is 39.6 Å². The van der Waals surface area contributed by atoms with Crippen LogP contribution in [0.3, 0.4) is 0 Å². The molecule has 27 heavy (non-hydrogen) atoms. The van der Waals surface area contributed by atoms with Crippen LogP contribution in [-0.2, 0) is 32.0 Å². The second-order valence-electron chi connectivity index (χ2n) is 7.46. The monoisotopic (exact) mass is 382 g/mol. The quantitative estimate of drug-likeness (QED) is 0.716. The number of nitrogens with one attached hydrogen (secondary N) is 1. The summed E-state index contributed by atoms with van der Waals surface area (Å²) in [7, 11) is 3.32. The van der Waals surface area contributed by atoms with Crippen LogP contribution in [0.25, 0.3) is 0 Å². The molecule has 1 atom stereocenters. The van der Waals surface area contributed by atoms with Crippen molar-refractivity contribution in [2.75, 3.05) is 38.9 Å². The Kier molecular flexibility index (Phi) is 7.20. The van der Waals surface area contributed by atoms with Gasteiger partial charge in [0.1, 0.15) is 17.5 Å². The zero-order valence-electron chi connectivity index (χ0n) is 16.8. The lowest BCUT2D eigenvalue weighted by atomic mass is 10.2. The van der Waals surface area contributed by atoms with Crippen LogP contribution in [0, 0.1) is 0 Å². The highest BCUT2D eigenvalue weighted by Gasteiger charge is 2.31. The van der Waals surface area contributed by atoms with Gasteiger partial charge in [0, 0.05) is 33.2 Å². The number of alkyl carbamates (subject to hydrolysis) is 1. The molecular weight excluding hydrogens is 352 g/mol. The smallest absolute Gasteiger partial charge is 0.408 e. The zero-order valence-corrected chi connectivity index (χ0v) is 16.8. The van der Waals surface area contributed by atoms with Crippen LogP contribution in [-0.4, -0.2) is 67.4 Å². The van der Waals surface area contributed by atoms with Gasteiger partial charge in [-0.25, -0.2) is 9.48 Å². The molecule has 1 aromatic rings. The fourth-order valence-corrected chi connectivity index (χ4v) is 2.74. The van der Waals surface area contributed by atoms with Crippen LogP contribution in [0.1, 0.15) is 32.9 Å². The molecule has 2 heterocycles. The summed E-state index contributed by atoms with van der Waals surface area (Å²) in [6.45, 7) is 7.51. The van der Waals surface area contributed by atoms with Gasteiger partial charge in [0.15, 0.2) is 0 Å². The van der Waals surface area contributed by atoms with Gasteiger partial charge < -0.3 is 19.5 Å². The fourth-order valence-electron chi connectivity index (χ4n) is 2.74. The average Bonchev–Trinajstić information content (AvgIpc) is 2.94. The minimum absolute atomic E-state index is 0.192. The number of likely N-dealkylation sites (N-methyl/N-ethyl adjacent to an activating group) is 1. The van der Waals surface area contributed by atoms with Crippen LogP contribution >= 0.6 is 0 Å². The van der Waals surface area contributed by atoms with Crippen molar-refractivity contribution in [2.45, 2.75) is 51.8 Å². The van der Waals surface area contributed by atoms with Crippen molar-refractivity contribution < 1.29 is 23.8 Å². The lowest BCUT2D eigenvalue weighted by Crippen LogP contribution is -2.48. The van der Waals surface area contributed by atoms with E-state index in [1.165, 1.54) is 4.90 Å². The molecule has 0 bridgehead atoms. The number of rotatable bonds is 7. The number of carbonyl (C=O) groups excluding carboxylic acids is 2. The van der Waals surface area contributed by atoms with Gasteiger partial charge in [-0.15, -0.1) is 0 Å². The van der Waals surface area contributed by atoms with Crippen molar-refractivity contribution >= 4 is 17.8 Å². The predicted octanol–water partition coefficient (Wildman–Crippen LogP) is 1.35. The number of ether oxygens (including phenoxy) is 3. The fraction of sp³-hybridized carbons (Fsp3) is 0.722. The Balaban J connectivity index is 1.95. The molecule has 1 unspecified atom stereocenters. The summed E-state index contributed by atoms with van der Waals surface area (Å²) >= 11 is 0. The van der Waals surface area contributed by atoms with Crippen molar-refractivity contribution in [3.05, 3.63) is 11.8 Å². The summed E-state index contributed by atoms with van der Waals surface area (Å²) in [5.74, 6) is 0.516. The van der Waals surface area contributed by atoms with Crippen molar-refractivity contribution in [3.63, 3.8) is 0 Å². The van der Waals surface area contributed by atoms with E-state index in [9.17, 15) is 9.59 Å². The molecule has 0 aromatic carbocycles. The minimum atomic E-state index is -0.646. The number of hydrogen-bond acceptors (Lipinski definition) is 6. The van der Waals surface area contributed by atoms with Crippen LogP contribution in [0.4, 0.5) is 10.6 Å². The van der Waals surface area contributed by atoms with E-state index in [4.69, 9.17) is 14.2 Å². The molecular formula is C18H30N4O5. The van der Waals surface area contributed by atoms with Crippen molar-refractivity contribution in [1.29, 1.82) is 0 Å². The second-order valence-corrected chi connectivity index (χ2v) is 7.46. The van der Waals surface area contributed by atoms with Crippen LogP contribution < -0.4 is 10.2 Å². The molecule has 1 aromatic heterocycles. The molecule has 9 nitrogen and oxygen atoms in total. The first-order valence-corrected chi connectivity index (χ1v) is 9.12. The zero-order chi connectivity index (χ0) is 20.0. The van der Waals surface area contributed by atoms with Crippen molar-refractivity contribution in [2.24, 2.45) is 0 Å². The molecule has 1 aliphatic rings. The molecule has 9 heteroatoms. The van der Waals surface area contributed by atoms with Crippen molar-refractivity contribution in [1.82, 2.24) is 15.1 Å². The Morgan fingerprint density at radius 1 is 1.33 bits per heavy atom. The Morgan fingerprint density at radius 3 is 2.74 bits per heavy atom. The molecule has 2 rings (SSSR count). The maximum absolute atomic E-state index is 12.7. The van der Waals surface area contributed by atoms with E-state index in [1.807, 2.05) is 6.07 Å². The van der Waals surface area contributed by atoms with Crippen LogP contribution in [0.2, 0.25) is 0 Å². The number of carbonyl (C=O) groups is 2. The number of aryl methyl sites for hydroxylation is 1. The molecule has 1 aliphatic heterocycles. The van der Waals surface area contributed by atoms with E-state index >= 15 is 0 Å². The topological polar surface area (TPSA) is 94.9 Å². The SMILES string of the molecule is COCCOCCc1cc2n(n1)CCC(NC(=O)OC(C)(C)C)C(=O)N2C. The maximum atomic E-state index is 12.7. The molecule has 1 N–H and O–H groups in total. The molecule has 2 amide bonds. The summed E-state index contributed by atoms with van der Waals surface area (Å²) in [4.78, 5) is 26.3. The number of nitrogens with zero attached hydrogens (tertiary/aromatic N) is 3. The summed E-state index contributed by atoms with van der Waals surface area (Å²) < 4.78 is 17.4. The third-order valence-electron chi connectivity index (χ3n) is 4.04. The van der Waals surface area contributed by atoms with Gasteiger partial charge in [-0.3, -0.25) is 9.69 Å². The van der Waals surface area contributed by atoms with Gasteiger partial charge in [-0.2, -0.15) is 5.10 Å². The Labute approximate surface area is 159 Å². The minimum Gasteiger partial charge on any atom is -0.444 e. The Morgan fingerprint density at radius 2 is 2.07 bits per heavy atom. The van der Waals surface area contributed by atoms with E-state index in [0.29, 0.717) is 45.0 Å². The molecule has 0 saturated heterocycles. The van der Waals surface area contributed by atoms with Crippen molar-refractivity contribution in [3.8, 4) is 0 Å². The predicted molar refractivity (Wildman–Crippen MR) is 99.8 cm³/mol. The lowest BCUT2D eigenvalue weighted by Gasteiger charge is -2.24. The Bertz CT molecular complexity index is 653. The lowest BCUT2D eigenvalue weighted by molar-refractivity contribution is -0.120. The highest BCUT2D eigenvalue weighted by Crippen LogP contribution is 2.21. The van der Waals surface area contributed by atoms with E-state index < -0.39 is 17.7 Å². The normalized spacial score (nSPS) is 17.4. The number of anilines is 1. The van der Waals surface area contributed by atoms with E-state index in [0.717, 1.165) is 5.69 Å². The summed E-state index contributed by atoms with van der Waals surface area (Å²) in [6, 6.07) is 1.24. The number of fused-ring (bicyclic) bond motifs is 1. The van der Waals surface area contributed by atoms with Gasteiger partial charge in [-0.1, -0.05) is 0 Å². The van der Waals surface area contributed by atoms with E-state index in [2.05, 4.69) is 10.4 Å². The molecule has 0 fully saturated rings. The largest absolute Gasteiger partial charge is 0.444 e. The number of methoxy groups -OCH3 is 1. The molecule has 0 aliphatic carbocycles.